The molecule has 9 nitrogen and oxygen atoms in total. The molecule has 1 N–H and O–H groups in total. The molecular weight excluding hydrogens is 520 g/mol. The van der Waals surface area contributed by atoms with E-state index < -0.39 is 0 Å². The van der Waals surface area contributed by atoms with Crippen molar-refractivity contribution in [3.63, 3.8) is 0 Å². The van der Waals surface area contributed by atoms with Crippen LogP contribution in [0.1, 0.15) is 30.1 Å². The average molecular weight is 555 g/mol. The Labute approximate surface area is 239 Å². The van der Waals surface area contributed by atoms with Crippen LogP contribution in [0, 0.1) is 0 Å². The molecular formula is C32H34N4O5. The number of ether oxygens (including phenoxy) is 3. The highest BCUT2D eigenvalue weighted by Crippen LogP contribution is 2.26. The van der Waals surface area contributed by atoms with E-state index in [1.54, 1.807) is 31.4 Å². The molecule has 4 aromatic rings. The number of carbonyl (C=O) groups excluding carboxylic acids is 2. The van der Waals surface area contributed by atoms with Crippen LogP contribution in [0.25, 0.3) is 16.9 Å². The van der Waals surface area contributed by atoms with E-state index in [9.17, 15) is 9.59 Å². The van der Waals surface area contributed by atoms with Crippen molar-refractivity contribution in [2.24, 2.45) is 0 Å². The van der Waals surface area contributed by atoms with Crippen LogP contribution in [0.5, 0.6) is 11.5 Å². The van der Waals surface area contributed by atoms with Gasteiger partial charge in [-0.1, -0.05) is 42.5 Å². The molecule has 1 atom stereocenters. The van der Waals surface area contributed by atoms with Crippen molar-refractivity contribution in [3.8, 4) is 28.4 Å². The molecule has 0 saturated carbocycles. The molecule has 0 radical (unpaired) electrons. The molecule has 1 aromatic heterocycles. The van der Waals surface area contributed by atoms with Crippen LogP contribution in [0.2, 0.25) is 0 Å². The van der Waals surface area contributed by atoms with Gasteiger partial charge in [-0.15, -0.1) is 0 Å². The minimum Gasteiger partial charge on any atom is -0.497 e. The summed E-state index contributed by atoms with van der Waals surface area (Å²) in [5, 5.41) is 2.95. The molecule has 1 aliphatic rings. The minimum absolute atomic E-state index is 0.120. The fourth-order valence-electron chi connectivity index (χ4n) is 4.83. The number of benzene rings is 3. The first-order valence-electron chi connectivity index (χ1n) is 13.8. The Bertz CT molecular complexity index is 1480. The molecule has 0 aliphatic carbocycles. The lowest BCUT2D eigenvalue weighted by Gasteiger charge is -2.25. The Morgan fingerprint density at radius 2 is 1.85 bits per heavy atom. The summed E-state index contributed by atoms with van der Waals surface area (Å²) in [6.07, 6.45) is 3.52. The van der Waals surface area contributed by atoms with Crippen LogP contribution in [0.3, 0.4) is 0 Å². The first-order chi connectivity index (χ1) is 20.0. The third-order valence-corrected chi connectivity index (χ3v) is 6.82. The number of nitrogens with zero attached hydrogens (tertiary/aromatic N) is 3. The lowest BCUT2D eigenvalue weighted by molar-refractivity contribution is -0.117. The van der Waals surface area contributed by atoms with E-state index in [-0.39, 0.29) is 24.5 Å². The van der Waals surface area contributed by atoms with Crippen molar-refractivity contribution in [3.05, 3.63) is 90.6 Å². The largest absolute Gasteiger partial charge is 0.497 e. The van der Waals surface area contributed by atoms with E-state index in [1.165, 1.54) is 4.90 Å². The quantitative estimate of drug-likeness (QED) is 0.274. The molecule has 41 heavy (non-hydrogen) atoms. The maximum Gasteiger partial charge on any atom is 0.254 e. The van der Waals surface area contributed by atoms with Crippen LogP contribution in [-0.2, 0) is 9.53 Å². The summed E-state index contributed by atoms with van der Waals surface area (Å²) in [5.41, 5.74) is 2.84. The van der Waals surface area contributed by atoms with Crippen molar-refractivity contribution < 1.29 is 23.8 Å². The zero-order chi connectivity index (χ0) is 28.6. The molecule has 1 fully saturated rings. The molecule has 0 spiro atoms. The monoisotopic (exact) mass is 554 g/mol. The first-order valence-corrected chi connectivity index (χ1v) is 13.8. The number of methoxy groups -OCH3 is 1. The maximum absolute atomic E-state index is 13.6. The number of hydrogen-bond donors (Lipinski definition) is 1. The predicted octanol–water partition coefficient (Wildman–Crippen LogP) is 5.21. The highest BCUT2D eigenvalue weighted by atomic mass is 16.5. The standard InChI is InChI=1S/C32H34N4O5/c1-3-40-27-15-8-13-25(19-27)36-21-29(23-10-5-4-6-11-23)33-32(36)34-30(37)22-35(20-28-16-9-17-41-28)31(38)24-12-7-14-26(18-24)39-2/h4-8,10-15,18-19,21,28H,3,9,16-17,20,22H2,1-2H3,(H,33,34,37)/t28-/m0/s1. The van der Waals surface area contributed by atoms with Crippen molar-refractivity contribution in [2.45, 2.75) is 25.9 Å². The van der Waals surface area contributed by atoms with Gasteiger partial charge in [-0.2, -0.15) is 0 Å². The smallest absolute Gasteiger partial charge is 0.254 e. The fourth-order valence-corrected chi connectivity index (χ4v) is 4.83. The number of imidazole rings is 1. The predicted molar refractivity (Wildman–Crippen MR) is 157 cm³/mol. The van der Waals surface area contributed by atoms with E-state index in [0.29, 0.717) is 48.5 Å². The highest BCUT2D eigenvalue weighted by molar-refractivity contribution is 5.99. The van der Waals surface area contributed by atoms with E-state index in [1.807, 2.05) is 72.3 Å². The second kappa shape index (κ2) is 13.1. The van der Waals surface area contributed by atoms with Gasteiger partial charge in [0.1, 0.15) is 18.0 Å². The maximum atomic E-state index is 13.6. The summed E-state index contributed by atoms with van der Waals surface area (Å²) in [6, 6.07) is 24.3. The van der Waals surface area contributed by atoms with Crippen LogP contribution in [0.15, 0.2) is 85.1 Å². The van der Waals surface area contributed by atoms with E-state index in [2.05, 4.69) is 5.32 Å². The van der Waals surface area contributed by atoms with E-state index in [0.717, 1.165) is 24.1 Å². The number of carbonyl (C=O) groups is 2. The lowest BCUT2D eigenvalue weighted by atomic mass is 10.1. The molecule has 2 heterocycles. The van der Waals surface area contributed by atoms with Crippen molar-refractivity contribution in [2.75, 3.05) is 38.7 Å². The molecule has 3 aromatic carbocycles. The molecule has 9 heteroatoms. The summed E-state index contributed by atoms with van der Waals surface area (Å²) >= 11 is 0. The van der Waals surface area contributed by atoms with Gasteiger partial charge in [0.15, 0.2) is 0 Å². The average Bonchev–Trinajstić information content (AvgIpc) is 3.67. The van der Waals surface area contributed by atoms with Gasteiger partial charge in [0.2, 0.25) is 11.9 Å². The molecule has 5 rings (SSSR count). The number of amides is 2. The first kappa shape index (κ1) is 27.9. The Kier molecular flexibility index (Phi) is 8.95. The topological polar surface area (TPSA) is 94.9 Å². The Morgan fingerprint density at radius 1 is 1.05 bits per heavy atom. The van der Waals surface area contributed by atoms with Gasteiger partial charge in [-0.25, -0.2) is 4.98 Å². The molecule has 1 aliphatic heterocycles. The van der Waals surface area contributed by atoms with Gasteiger partial charge >= 0.3 is 0 Å². The van der Waals surface area contributed by atoms with Crippen LogP contribution < -0.4 is 14.8 Å². The highest BCUT2D eigenvalue weighted by Gasteiger charge is 2.26. The molecule has 1 saturated heterocycles. The van der Waals surface area contributed by atoms with Crippen LogP contribution in [0.4, 0.5) is 5.95 Å². The summed E-state index contributed by atoms with van der Waals surface area (Å²) in [5.74, 6) is 0.985. The normalized spacial score (nSPS) is 14.4. The Morgan fingerprint density at radius 3 is 2.61 bits per heavy atom. The van der Waals surface area contributed by atoms with E-state index >= 15 is 0 Å². The summed E-state index contributed by atoms with van der Waals surface area (Å²) < 4.78 is 18.6. The summed E-state index contributed by atoms with van der Waals surface area (Å²) in [6.45, 7) is 3.26. The van der Waals surface area contributed by atoms with Crippen LogP contribution in [-0.4, -0.2) is 65.8 Å². The third-order valence-electron chi connectivity index (χ3n) is 6.82. The van der Waals surface area contributed by atoms with Crippen molar-refractivity contribution in [1.29, 1.82) is 0 Å². The number of anilines is 1. The van der Waals surface area contributed by atoms with Crippen molar-refractivity contribution in [1.82, 2.24) is 14.5 Å². The molecule has 2 amide bonds. The zero-order valence-corrected chi connectivity index (χ0v) is 23.3. The van der Waals surface area contributed by atoms with Gasteiger partial charge < -0.3 is 19.1 Å². The van der Waals surface area contributed by atoms with Crippen molar-refractivity contribution >= 4 is 17.8 Å². The molecule has 0 unspecified atom stereocenters. The number of nitrogens with one attached hydrogen (secondary N) is 1. The van der Waals surface area contributed by atoms with E-state index in [4.69, 9.17) is 19.2 Å². The van der Waals surface area contributed by atoms with Gasteiger partial charge in [0.25, 0.3) is 5.91 Å². The van der Waals surface area contributed by atoms with Crippen LogP contribution >= 0.6 is 0 Å². The van der Waals surface area contributed by atoms with Gasteiger partial charge in [0.05, 0.1) is 31.2 Å². The van der Waals surface area contributed by atoms with Gasteiger partial charge in [-0.05, 0) is 50.1 Å². The van der Waals surface area contributed by atoms with Gasteiger partial charge in [0, 0.05) is 36.5 Å². The summed E-state index contributed by atoms with van der Waals surface area (Å²) in [4.78, 5) is 33.4. The second-order valence-electron chi connectivity index (χ2n) is 9.72. The number of hydrogen-bond acceptors (Lipinski definition) is 6. The third kappa shape index (κ3) is 6.93. The van der Waals surface area contributed by atoms with Gasteiger partial charge in [-0.3, -0.25) is 19.5 Å². The fraction of sp³-hybridized carbons (Fsp3) is 0.281. The lowest BCUT2D eigenvalue weighted by Crippen LogP contribution is -2.42. The molecule has 0 bridgehead atoms. The Hall–Kier alpha value is -4.63. The Balaban J connectivity index is 1.42. The summed E-state index contributed by atoms with van der Waals surface area (Å²) in [7, 11) is 1.55. The second-order valence-corrected chi connectivity index (χ2v) is 9.72. The number of rotatable bonds is 11. The SMILES string of the molecule is CCOc1cccc(-n2cc(-c3ccccc3)nc2NC(=O)CN(C[C@@H]2CCCO2)C(=O)c2cccc(OC)c2)c1. The minimum atomic E-state index is -0.369. The zero-order valence-electron chi connectivity index (χ0n) is 23.3. The molecule has 212 valence electrons. The number of aromatic nitrogens is 2.